The van der Waals surface area contributed by atoms with E-state index in [-0.39, 0.29) is 5.95 Å². The molecule has 0 bridgehead atoms. The summed E-state index contributed by atoms with van der Waals surface area (Å²) in [6, 6.07) is 3.85. The van der Waals surface area contributed by atoms with Gasteiger partial charge in [0.1, 0.15) is 5.82 Å². The van der Waals surface area contributed by atoms with Gasteiger partial charge in [-0.05, 0) is 12.1 Å². The number of fused-ring (bicyclic) bond motifs is 1. The number of ether oxygens (including phenoxy) is 2. The molecule has 96 valence electrons. The number of morpholine rings is 1. The summed E-state index contributed by atoms with van der Waals surface area (Å²) in [7, 11) is 1.61. The summed E-state index contributed by atoms with van der Waals surface area (Å²) >= 11 is 0. The number of hydrogen-bond donors (Lipinski definition) is 1. The number of nitrogens with two attached hydrogens (primary N) is 1. The average molecular weight is 249 g/mol. The van der Waals surface area contributed by atoms with Crippen molar-refractivity contribution < 1.29 is 9.47 Å². The van der Waals surface area contributed by atoms with E-state index in [1.807, 2.05) is 12.1 Å². The Morgan fingerprint density at radius 2 is 2.11 bits per heavy atom. The minimum Gasteiger partial charge on any atom is -0.493 e. The second-order valence-electron chi connectivity index (χ2n) is 4.06. The molecule has 18 heavy (non-hydrogen) atoms. The third kappa shape index (κ3) is 1.72. The van der Waals surface area contributed by atoms with Crippen LogP contribution in [0.3, 0.4) is 0 Å². The Labute approximate surface area is 104 Å². The van der Waals surface area contributed by atoms with Crippen LogP contribution in [-0.4, -0.2) is 48.0 Å². The van der Waals surface area contributed by atoms with Crippen LogP contribution in [0.5, 0.6) is 5.75 Å². The first-order valence-corrected chi connectivity index (χ1v) is 5.81. The molecule has 7 heteroatoms. The van der Waals surface area contributed by atoms with Gasteiger partial charge in [-0.15, -0.1) is 5.10 Å². The van der Waals surface area contributed by atoms with Crippen molar-refractivity contribution in [3.63, 3.8) is 0 Å². The summed E-state index contributed by atoms with van der Waals surface area (Å²) in [6.07, 6.45) is 0. The molecule has 0 atom stereocenters. The molecule has 0 radical (unpaired) electrons. The molecule has 1 aliphatic heterocycles. The summed E-state index contributed by atoms with van der Waals surface area (Å²) in [5.74, 6) is 1.86. The lowest BCUT2D eigenvalue weighted by Gasteiger charge is -2.28. The Kier molecular flexibility index (Phi) is 2.67. The molecular formula is C11H15N5O2. The molecule has 1 fully saturated rings. The zero-order valence-electron chi connectivity index (χ0n) is 10.2. The van der Waals surface area contributed by atoms with Crippen LogP contribution in [0.4, 0.5) is 11.8 Å². The average Bonchev–Trinajstić information content (AvgIpc) is 2.80. The fourth-order valence-corrected chi connectivity index (χ4v) is 2.13. The van der Waals surface area contributed by atoms with Crippen molar-refractivity contribution in [2.75, 3.05) is 44.0 Å². The predicted octanol–water partition coefficient (Wildman–Crippen LogP) is 0.157. The molecule has 1 saturated heterocycles. The van der Waals surface area contributed by atoms with Gasteiger partial charge in [-0.1, -0.05) is 0 Å². The number of hydrogen-bond acceptors (Lipinski definition) is 6. The minimum atomic E-state index is 0.244. The summed E-state index contributed by atoms with van der Waals surface area (Å²) in [5, 5.41) is 4.22. The van der Waals surface area contributed by atoms with Crippen molar-refractivity contribution in [1.82, 2.24) is 14.6 Å². The Hall–Kier alpha value is -2.02. The van der Waals surface area contributed by atoms with E-state index in [0.29, 0.717) is 11.4 Å². The van der Waals surface area contributed by atoms with Gasteiger partial charge >= 0.3 is 0 Å². The summed E-state index contributed by atoms with van der Waals surface area (Å²) in [4.78, 5) is 6.38. The van der Waals surface area contributed by atoms with E-state index in [2.05, 4.69) is 15.0 Å². The first kappa shape index (κ1) is 11.1. The van der Waals surface area contributed by atoms with E-state index < -0.39 is 0 Å². The molecule has 0 aliphatic carbocycles. The van der Waals surface area contributed by atoms with E-state index in [0.717, 1.165) is 32.1 Å². The molecule has 3 heterocycles. The summed E-state index contributed by atoms with van der Waals surface area (Å²) < 4.78 is 12.3. The van der Waals surface area contributed by atoms with Crippen molar-refractivity contribution in [2.45, 2.75) is 0 Å². The van der Waals surface area contributed by atoms with Gasteiger partial charge in [0.05, 0.1) is 20.3 Å². The largest absolute Gasteiger partial charge is 0.493 e. The first-order chi connectivity index (χ1) is 8.79. The van der Waals surface area contributed by atoms with Crippen LogP contribution in [0, 0.1) is 0 Å². The van der Waals surface area contributed by atoms with Gasteiger partial charge in [0.2, 0.25) is 11.6 Å². The topological polar surface area (TPSA) is 77.9 Å². The van der Waals surface area contributed by atoms with Crippen LogP contribution in [0.25, 0.3) is 5.65 Å². The maximum atomic E-state index is 5.67. The monoisotopic (exact) mass is 249 g/mol. The van der Waals surface area contributed by atoms with E-state index in [1.54, 1.807) is 11.6 Å². The molecule has 1 aliphatic rings. The number of nitrogens with zero attached hydrogens (tertiary/aromatic N) is 4. The van der Waals surface area contributed by atoms with Gasteiger partial charge in [0, 0.05) is 13.1 Å². The summed E-state index contributed by atoms with van der Waals surface area (Å²) in [5.41, 5.74) is 6.31. The summed E-state index contributed by atoms with van der Waals surface area (Å²) in [6.45, 7) is 3.11. The molecule has 3 rings (SSSR count). The second-order valence-corrected chi connectivity index (χ2v) is 4.06. The SMILES string of the molecule is COc1ccc(N2CCOCC2)n2nc(N)nc12. The van der Waals surface area contributed by atoms with E-state index >= 15 is 0 Å². The lowest BCUT2D eigenvalue weighted by molar-refractivity contribution is 0.122. The highest BCUT2D eigenvalue weighted by Crippen LogP contribution is 2.25. The van der Waals surface area contributed by atoms with Gasteiger partial charge in [0.25, 0.3) is 0 Å². The van der Waals surface area contributed by atoms with Gasteiger partial charge in [-0.2, -0.15) is 9.50 Å². The van der Waals surface area contributed by atoms with E-state index in [1.165, 1.54) is 0 Å². The number of aromatic nitrogens is 3. The van der Waals surface area contributed by atoms with Gasteiger partial charge in [0.15, 0.2) is 5.75 Å². The molecule has 0 unspecified atom stereocenters. The third-order valence-electron chi connectivity index (χ3n) is 3.00. The molecule has 0 amide bonds. The normalized spacial score (nSPS) is 16.2. The van der Waals surface area contributed by atoms with E-state index in [9.17, 15) is 0 Å². The maximum absolute atomic E-state index is 5.67. The number of nitrogen functional groups attached to an aromatic ring is 1. The lowest BCUT2D eigenvalue weighted by Crippen LogP contribution is -2.37. The predicted molar refractivity (Wildman–Crippen MR) is 67.0 cm³/mol. The van der Waals surface area contributed by atoms with Crippen LogP contribution in [0.1, 0.15) is 0 Å². The molecule has 0 saturated carbocycles. The zero-order valence-corrected chi connectivity index (χ0v) is 10.2. The second kappa shape index (κ2) is 4.34. The smallest absolute Gasteiger partial charge is 0.240 e. The fraction of sp³-hybridized carbons (Fsp3) is 0.455. The lowest BCUT2D eigenvalue weighted by atomic mass is 10.3. The highest BCUT2D eigenvalue weighted by atomic mass is 16.5. The third-order valence-corrected chi connectivity index (χ3v) is 3.00. The van der Waals surface area contributed by atoms with Crippen molar-refractivity contribution >= 4 is 17.4 Å². The van der Waals surface area contributed by atoms with Gasteiger partial charge in [-0.25, -0.2) is 0 Å². The van der Waals surface area contributed by atoms with Crippen molar-refractivity contribution in [3.05, 3.63) is 12.1 Å². The number of anilines is 2. The first-order valence-electron chi connectivity index (χ1n) is 5.81. The zero-order chi connectivity index (χ0) is 12.5. The Balaban J connectivity index is 2.11. The van der Waals surface area contributed by atoms with Crippen LogP contribution >= 0.6 is 0 Å². The number of pyridine rings is 1. The quantitative estimate of drug-likeness (QED) is 0.816. The highest BCUT2D eigenvalue weighted by Gasteiger charge is 2.17. The number of methoxy groups -OCH3 is 1. The molecular weight excluding hydrogens is 234 g/mol. The van der Waals surface area contributed by atoms with Crippen molar-refractivity contribution in [3.8, 4) is 5.75 Å². The van der Waals surface area contributed by atoms with Crippen molar-refractivity contribution in [2.24, 2.45) is 0 Å². The van der Waals surface area contributed by atoms with Gasteiger partial charge in [-0.3, -0.25) is 0 Å². The molecule has 2 aromatic rings. The Morgan fingerprint density at radius 3 is 2.83 bits per heavy atom. The molecule has 7 nitrogen and oxygen atoms in total. The number of rotatable bonds is 2. The van der Waals surface area contributed by atoms with Crippen LogP contribution < -0.4 is 15.4 Å². The van der Waals surface area contributed by atoms with E-state index in [4.69, 9.17) is 15.2 Å². The maximum Gasteiger partial charge on any atom is 0.240 e. The molecule has 2 N–H and O–H groups in total. The highest BCUT2D eigenvalue weighted by molar-refractivity contribution is 5.61. The molecule has 0 aromatic carbocycles. The van der Waals surface area contributed by atoms with Crippen LogP contribution in [-0.2, 0) is 4.74 Å². The van der Waals surface area contributed by atoms with Crippen molar-refractivity contribution in [1.29, 1.82) is 0 Å². The standard InChI is InChI=1S/C11H15N5O2/c1-17-8-2-3-9(15-4-6-18-7-5-15)16-10(8)13-11(12)14-16/h2-3H,4-7H2,1H3,(H2,12,14). The molecule has 2 aromatic heterocycles. The minimum absolute atomic E-state index is 0.244. The fourth-order valence-electron chi connectivity index (χ4n) is 2.13. The molecule has 0 spiro atoms. The van der Waals surface area contributed by atoms with Gasteiger partial charge < -0.3 is 20.1 Å². The Morgan fingerprint density at radius 1 is 1.33 bits per heavy atom. The van der Waals surface area contributed by atoms with Crippen LogP contribution in [0.15, 0.2) is 12.1 Å². The van der Waals surface area contributed by atoms with Crippen LogP contribution in [0.2, 0.25) is 0 Å². The Bertz CT molecular complexity index is 562.